The van der Waals surface area contributed by atoms with E-state index >= 15 is 0 Å². The maximum atomic E-state index is 2.32. The van der Waals surface area contributed by atoms with Crippen molar-refractivity contribution in [3.05, 3.63) is 0 Å². The molecule has 1 heteroatoms. The molecule has 39 valence electrons. The standard InChI is InChI=1S/C6H13.Zn/c1-4-5-6(2)3;/h4,6H,5H2,1-3H3;. The van der Waals surface area contributed by atoms with Gasteiger partial charge in [-0.1, -0.05) is 0 Å². The van der Waals surface area contributed by atoms with Crippen molar-refractivity contribution in [2.45, 2.75) is 31.7 Å². The van der Waals surface area contributed by atoms with E-state index in [4.69, 9.17) is 0 Å². The van der Waals surface area contributed by atoms with E-state index in [1.165, 1.54) is 24.7 Å². The molecule has 0 saturated heterocycles. The topological polar surface area (TPSA) is 0 Å². The first-order valence-corrected chi connectivity index (χ1v) is 4.67. The molecule has 1 unspecified atom stereocenters. The molecule has 0 nitrogen and oxygen atoms in total. The third-order valence-electron chi connectivity index (χ3n) is 0.874. The quantitative estimate of drug-likeness (QED) is 0.531. The monoisotopic (exact) mass is 149 g/mol. The predicted octanol–water partition coefficient (Wildman–Crippen LogP) is 2.39. The summed E-state index contributed by atoms with van der Waals surface area (Å²) in [5.41, 5.74) is 0. The van der Waals surface area contributed by atoms with Gasteiger partial charge in [-0.25, -0.2) is 0 Å². The van der Waals surface area contributed by atoms with Crippen molar-refractivity contribution < 1.29 is 18.3 Å². The van der Waals surface area contributed by atoms with Gasteiger partial charge in [-0.05, 0) is 0 Å². The molecule has 0 aliphatic heterocycles. The Kier molecular flexibility index (Phi) is 3.92. The van der Waals surface area contributed by atoms with E-state index in [1.54, 1.807) is 0 Å². The summed E-state index contributed by atoms with van der Waals surface area (Å²) >= 11 is 1.46. The average Bonchev–Trinajstić information content (AvgIpc) is 1.27. The van der Waals surface area contributed by atoms with Crippen LogP contribution in [0.15, 0.2) is 0 Å². The van der Waals surface area contributed by atoms with Crippen LogP contribution in [0.3, 0.4) is 0 Å². The van der Waals surface area contributed by atoms with Crippen molar-refractivity contribution in [3.63, 3.8) is 0 Å². The van der Waals surface area contributed by atoms with Gasteiger partial charge in [0.2, 0.25) is 0 Å². The third-order valence-corrected chi connectivity index (χ3v) is 1.57. The van der Waals surface area contributed by atoms with Gasteiger partial charge in [0, 0.05) is 0 Å². The summed E-state index contributed by atoms with van der Waals surface area (Å²) in [7, 11) is 0. The maximum absolute atomic E-state index is 2.32. The summed E-state index contributed by atoms with van der Waals surface area (Å²) in [6.45, 7) is 6.89. The first-order chi connectivity index (χ1) is 3.13. The van der Waals surface area contributed by atoms with Gasteiger partial charge in [-0.15, -0.1) is 0 Å². The summed E-state index contributed by atoms with van der Waals surface area (Å²) in [6, 6.07) is 0. The average molecular weight is 151 g/mol. The van der Waals surface area contributed by atoms with Gasteiger partial charge in [-0.2, -0.15) is 0 Å². The zero-order valence-corrected chi connectivity index (χ0v) is 8.54. The van der Waals surface area contributed by atoms with Gasteiger partial charge in [0.05, 0.1) is 0 Å². The molecule has 0 aromatic carbocycles. The molecule has 7 heavy (non-hydrogen) atoms. The fraction of sp³-hybridized carbons (Fsp3) is 1.00. The van der Waals surface area contributed by atoms with Crippen LogP contribution in [-0.2, 0) is 18.3 Å². The van der Waals surface area contributed by atoms with Crippen molar-refractivity contribution in [3.8, 4) is 0 Å². The third kappa shape index (κ3) is 6.62. The molecule has 0 aromatic rings. The van der Waals surface area contributed by atoms with Crippen molar-refractivity contribution in [2.24, 2.45) is 5.92 Å². The Balaban J connectivity index is 2.95. The van der Waals surface area contributed by atoms with Crippen LogP contribution in [-0.4, -0.2) is 0 Å². The van der Waals surface area contributed by atoms with Gasteiger partial charge >= 0.3 is 55.9 Å². The van der Waals surface area contributed by atoms with Crippen LogP contribution in [0.4, 0.5) is 0 Å². The summed E-state index contributed by atoms with van der Waals surface area (Å²) in [5, 5.41) is 0. The normalized spacial score (nSPS) is 15.1. The second kappa shape index (κ2) is 3.60. The molecule has 0 radical (unpaired) electrons. The van der Waals surface area contributed by atoms with Crippen LogP contribution in [0.2, 0.25) is 4.51 Å². The van der Waals surface area contributed by atoms with Crippen molar-refractivity contribution in [2.75, 3.05) is 0 Å². The fourth-order valence-electron chi connectivity index (χ4n) is 0.805. The number of rotatable bonds is 2. The van der Waals surface area contributed by atoms with E-state index in [-0.39, 0.29) is 0 Å². The Morgan fingerprint density at radius 1 is 1.29 bits per heavy atom. The Morgan fingerprint density at radius 2 is 1.71 bits per heavy atom. The van der Waals surface area contributed by atoms with E-state index < -0.39 is 0 Å². The van der Waals surface area contributed by atoms with Crippen molar-refractivity contribution in [1.82, 2.24) is 0 Å². The molecule has 0 bridgehead atoms. The summed E-state index contributed by atoms with van der Waals surface area (Å²) in [6.07, 6.45) is 1.42. The molecule has 0 saturated carbocycles. The van der Waals surface area contributed by atoms with E-state index in [1.807, 2.05) is 0 Å². The van der Waals surface area contributed by atoms with Gasteiger partial charge in [-0.3, -0.25) is 0 Å². The van der Waals surface area contributed by atoms with E-state index in [0.29, 0.717) is 0 Å². The zero-order chi connectivity index (χ0) is 5.86. The zero-order valence-electron chi connectivity index (χ0n) is 5.57. The van der Waals surface area contributed by atoms with Crippen LogP contribution in [0.5, 0.6) is 0 Å². The molecule has 0 fully saturated rings. The van der Waals surface area contributed by atoms with Crippen LogP contribution in [0.25, 0.3) is 0 Å². The Hall–Kier alpha value is 0.623. The van der Waals surface area contributed by atoms with Crippen molar-refractivity contribution in [1.29, 1.82) is 0 Å². The summed E-state index contributed by atoms with van der Waals surface area (Å²) < 4.78 is 1.000. The Bertz CT molecular complexity index is 33.4. The minimum atomic E-state index is 0.906. The first-order valence-electron chi connectivity index (χ1n) is 2.96. The molecule has 0 spiro atoms. The van der Waals surface area contributed by atoms with Crippen molar-refractivity contribution >= 4 is 0 Å². The van der Waals surface area contributed by atoms with Gasteiger partial charge in [0.15, 0.2) is 0 Å². The molecular formula is C6H13Zn. The molecular weight excluding hydrogens is 137 g/mol. The van der Waals surface area contributed by atoms with E-state index in [9.17, 15) is 0 Å². The van der Waals surface area contributed by atoms with E-state index in [2.05, 4.69) is 20.8 Å². The SMILES string of the molecule is CC(C)C[CH](C)[Zn]. The summed E-state index contributed by atoms with van der Waals surface area (Å²) in [4.78, 5) is 0. The molecule has 0 heterocycles. The molecule has 0 rings (SSSR count). The molecule has 1 atom stereocenters. The molecule has 0 amide bonds. The molecule has 0 N–H and O–H groups in total. The van der Waals surface area contributed by atoms with Gasteiger partial charge in [0.1, 0.15) is 0 Å². The summed E-state index contributed by atoms with van der Waals surface area (Å²) in [5.74, 6) is 0.906. The second-order valence-corrected chi connectivity index (χ2v) is 5.66. The number of hydrogen-bond acceptors (Lipinski definition) is 0. The van der Waals surface area contributed by atoms with Crippen LogP contribution < -0.4 is 0 Å². The number of hydrogen-bond donors (Lipinski definition) is 0. The van der Waals surface area contributed by atoms with E-state index in [0.717, 1.165) is 10.4 Å². The Morgan fingerprint density at radius 3 is 1.71 bits per heavy atom. The predicted molar refractivity (Wildman–Crippen MR) is 28.9 cm³/mol. The minimum absolute atomic E-state index is 0.906. The molecule has 0 aliphatic rings. The van der Waals surface area contributed by atoms with Gasteiger partial charge < -0.3 is 0 Å². The molecule has 0 aromatic heterocycles. The van der Waals surface area contributed by atoms with Gasteiger partial charge in [0.25, 0.3) is 0 Å². The molecule has 0 aliphatic carbocycles. The Labute approximate surface area is 56.4 Å². The van der Waals surface area contributed by atoms with Crippen LogP contribution >= 0.6 is 0 Å². The fourth-order valence-corrected chi connectivity index (χ4v) is 2.20. The first kappa shape index (κ1) is 7.62. The van der Waals surface area contributed by atoms with Crippen LogP contribution in [0, 0.1) is 5.92 Å². The van der Waals surface area contributed by atoms with Crippen LogP contribution in [0.1, 0.15) is 27.2 Å². The second-order valence-electron chi connectivity index (χ2n) is 2.73.